The first-order valence-corrected chi connectivity index (χ1v) is 13.5. The zero-order valence-electron chi connectivity index (χ0n) is 22.5. The molecule has 0 spiro atoms. The molecule has 1 aromatic carbocycles. The third-order valence-corrected chi connectivity index (χ3v) is 8.09. The molecule has 5 heterocycles. The molecule has 0 radical (unpaired) electrons. The number of hydrogen-bond donors (Lipinski definition) is 2. The SMILES string of the molecule is Cc1c[nH]c2cccc(-c3nc4c(c(N5CCC(O)C[C@@H]5C)n3)CN(c3cc(C(C)C)nn3C)CC4)c12. The molecule has 8 heteroatoms. The third kappa shape index (κ3) is 4.17. The van der Waals surface area contributed by atoms with E-state index < -0.39 is 0 Å². The van der Waals surface area contributed by atoms with Crippen molar-refractivity contribution in [3.05, 3.63) is 53.0 Å². The largest absolute Gasteiger partial charge is 0.393 e. The van der Waals surface area contributed by atoms with Gasteiger partial charge in [-0.25, -0.2) is 9.97 Å². The summed E-state index contributed by atoms with van der Waals surface area (Å²) in [7, 11) is 2.03. The van der Waals surface area contributed by atoms with Gasteiger partial charge in [-0.15, -0.1) is 0 Å². The lowest BCUT2D eigenvalue weighted by Crippen LogP contribution is -2.45. The third-order valence-electron chi connectivity index (χ3n) is 8.09. The standard InChI is InChI=1S/C29H37N7O/c1-17(2)25-14-26(34(5)33-25)35-11-10-23-22(16-35)29(36-12-9-20(37)13-19(36)4)32-28(31-23)21-7-6-8-24-27(21)18(3)15-30-24/h6-8,14-15,17,19-20,30,37H,9-13,16H2,1-5H3/t19-,20?/m0/s1. The van der Waals surface area contributed by atoms with E-state index in [0.717, 1.165) is 78.8 Å². The summed E-state index contributed by atoms with van der Waals surface area (Å²) < 4.78 is 2.00. The Morgan fingerprint density at radius 3 is 2.76 bits per heavy atom. The summed E-state index contributed by atoms with van der Waals surface area (Å²) in [6.45, 7) is 11.1. The summed E-state index contributed by atoms with van der Waals surface area (Å²) in [6.07, 6.45) is 4.17. The Kier molecular flexibility index (Phi) is 5.94. The highest BCUT2D eigenvalue weighted by Crippen LogP contribution is 2.37. The van der Waals surface area contributed by atoms with Gasteiger partial charge in [0, 0.05) is 73.4 Å². The zero-order chi connectivity index (χ0) is 25.8. The average molecular weight is 500 g/mol. The van der Waals surface area contributed by atoms with Gasteiger partial charge in [-0.05, 0) is 44.2 Å². The molecule has 37 heavy (non-hydrogen) atoms. The van der Waals surface area contributed by atoms with Gasteiger partial charge in [0.2, 0.25) is 0 Å². The number of aliphatic hydroxyl groups is 1. The molecule has 8 nitrogen and oxygen atoms in total. The van der Waals surface area contributed by atoms with E-state index >= 15 is 0 Å². The lowest BCUT2D eigenvalue weighted by molar-refractivity contribution is 0.131. The summed E-state index contributed by atoms with van der Waals surface area (Å²) in [5, 5.41) is 16.3. The molecule has 3 aromatic heterocycles. The Balaban J connectivity index is 1.47. The molecule has 2 aliphatic rings. The summed E-state index contributed by atoms with van der Waals surface area (Å²) >= 11 is 0. The van der Waals surface area contributed by atoms with Crippen LogP contribution >= 0.6 is 0 Å². The molecule has 0 aliphatic carbocycles. The van der Waals surface area contributed by atoms with Crippen LogP contribution in [0.4, 0.5) is 11.6 Å². The number of benzene rings is 1. The number of nitrogens with one attached hydrogen (secondary N) is 1. The average Bonchev–Trinajstić information content (AvgIpc) is 3.46. The van der Waals surface area contributed by atoms with Crippen LogP contribution in [0.25, 0.3) is 22.3 Å². The van der Waals surface area contributed by atoms with E-state index in [-0.39, 0.29) is 12.1 Å². The van der Waals surface area contributed by atoms with Crippen molar-refractivity contribution < 1.29 is 5.11 Å². The van der Waals surface area contributed by atoms with Crippen molar-refractivity contribution in [1.29, 1.82) is 0 Å². The van der Waals surface area contributed by atoms with E-state index in [1.54, 1.807) is 0 Å². The van der Waals surface area contributed by atoms with Crippen molar-refractivity contribution in [2.75, 3.05) is 22.9 Å². The number of piperidine rings is 1. The number of nitrogens with zero attached hydrogens (tertiary/aromatic N) is 6. The molecule has 2 atom stereocenters. The fourth-order valence-corrected chi connectivity index (χ4v) is 6.01. The predicted octanol–water partition coefficient (Wildman–Crippen LogP) is 4.70. The van der Waals surface area contributed by atoms with Crippen LogP contribution in [0.3, 0.4) is 0 Å². The molecule has 2 aliphatic heterocycles. The number of fused-ring (bicyclic) bond motifs is 2. The molecule has 194 valence electrons. The highest BCUT2D eigenvalue weighted by atomic mass is 16.3. The smallest absolute Gasteiger partial charge is 0.162 e. The molecule has 2 N–H and O–H groups in total. The lowest BCUT2D eigenvalue weighted by atomic mass is 9.98. The van der Waals surface area contributed by atoms with Crippen LogP contribution in [0.1, 0.15) is 62.0 Å². The summed E-state index contributed by atoms with van der Waals surface area (Å²) in [4.78, 5) is 18.7. The maximum atomic E-state index is 10.3. The van der Waals surface area contributed by atoms with Gasteiger partial charge >= 0.3 is 0 Å². The number of rotatable bonds is 4. The summed E-state index contributed by atoms with van der Waals surface area (Å²) in [6, 6.07) is 8.75. The maximum Gasteiger partial charge on any atom is 0.162 e. The van der Waals surface area contributed by atoms with Gasteiger partial charge in [0.1, 0.15) is 11.6 Å². The van der Waals surface area contributed by atoms with Crippen LogP contribution in [0.5, 0.6) is 0 Å². The molecular formula is C29H37N7O. The van der Waals surface area contributed by atoms with Gasteiger partial charge in [0.15, 0.2) is 5.82 Å². The molecule has 4 aromatic rings. The van der Waals surface area contributed by atoms with E-state index in [2.05, 4.69) is 72.9 Å². The van der Waals surface area contributed by atoms with Crippen LogP contribution in [0.2, 0.25) is 0 Å². The van der Waals surface area contributed by atoms with Crippen LogP contribution in [0.15, 0.2) is 30.5 Å². The molecule has 0 bridgehead atoms. The monoisotopic (exact) mass is 499 g/mol. The Morgan fingerprint density at radius 2 is 2.00 bits per heavy atom. The second kappa shape index (κ2) is 9.17. The van der Waals surface area contributed by atoms with Crippen LogP contribution in [0, 0.1) is 6.92 Å². The van der Waals surface area contributed by atoms with Gasteiger partial charge in [-0.1, -0.05) is 26.0 Å². The Bertz CT molecular complexity index is 1450. The first-order chi connectivity index (χ1) is 17.8. The van der Waals surface area contributed by atoms with E-state index in [1.165, 1.54) is 16.5 Å². The minimum absolute atomic E-state index is 0.208. The number of aryl methyl sites for hydroxylation is 2. The minimum atomic E-state index is -0.250. The van der Waals surface area contributed by atoms with Gasteiger partial charge < -0.3 is 19.9 Å². The molecular weight excluding hydrogens is 462 g/mol. The van der Waals surface area contributed by atoms with E-state index in [9.17, 15) is 5.11 Å². The van der Waals surface area contributed by atoms with Crippen molar-refractivity contribution in [3.63, 3.8) is 0 Å². The zero-order valence-corrected chi connectivity index (χ0v) is 22.5. The predicted molar refractivity (Wildman–Crippen MR) is 148 cm³/mol. The quantitative estimate of drug-likeness (QED) is 0.423. The van der Waals surface area contributed by atoms with Crippen LogP contribution in [-0.4, -0.2) is 55.1 Å². The van der Waals surface area contributed by atoms with Crippen LogP contribution < -0.4 is 9.80 Å². The first-order valence-electron chi connectivity index (χ1n) is 13.5. The number of aliphatic hydroxyl groups excluding tert-OH is 1. The Hall–Kier alpha value is -3.39. The Labute approximate surface area is 218 Å². The molecule has 1 saturated heterocycles. The highest BCUT2D eigenvalue weighted by molar-refractivity contribution is 5.96. The van der Waals surface area contributed by atoms with Crippen molar-refractivity contribution in [3.8, 4) is 11.4 Å². The topological polar surface area (TPSA) is 86.1 Å². The number of anilines is 2. The number of aromatic nitrogens is 5. The van der Waals surface area contributed by atoms with Crippen LogP contribution in [-0.2, 0) is 20.0 Å². The molecule has 1 fully saturated rings. The van der Waals surface area contributed by atoms with E-state index in [4.69, 9.17) is 15.1 Å². The molecule has 0 saturated carbocycles. The fraction of sp³-hybridized carbons (Fsp3) is 0.483. The fourth-order valence-electron chi connectivity index (χ4n) is 6.01. The van der Waals surface area contributed by atoms with Gasteiger partial charge in [0.25, 0.3) is 0 Å². The Morgan fingerprint density at radius 1 is 1.16 bits per heavy atom. The van der Waals surface area contributed by atoms with E-state index in [1.807, 2.05) is 11.7 Å². The maximum absolute atomic E-state index is 10.3. The van der Waals surface area contributed by atoms with Gasteiger partial charge in [-0.3, -0.25) is 4.68 Å². The van der Waals surface area contributed by atoms with Crippen molar-refractivity contribution in [2.24, 2.45) is 7.05 Å². The second-order valence-electron chi connectivity index (χ2n) is 11.1. The van der Waals surface area contributed by atoms with E-state index in [0.29, 0.717) is 5.92 Å². The second-order valence-corrected chi connectivity index (χ2v) is 11.1. The molecule has 0 amide bonds. The number of aromatic amines is 1. The molecule has 1 unspecified atom stereocenters. The minimum Gasteiger partial charge on any atom is -0.393 e. The first kappa shape index (κ1) is 24.0. The lowest BCUT2D eigenvalue weighted by Gasteiger charge is -2.40. The van der Waals surface area contributed by atoms with Crippen molar-refractivity contribution in [2.45, 2.75) is 71.6 Å². The summed E-state index contributed by atoms with van der Waals surface area (Å²) in [5.74, 6) is 3.33. The summed E-state index contributed by atoms with van der Waals surface area (Å²) in [5.41, 5.74) is 6.82. The normalized spacial score (nSPS) is 20.2. The number of H-pyrrole nitrogens is 1. The van der Waals surface area contributed by atoms with Crippen molar-refractivity contribution >= 4 is 22.5 Å². The number of hydrogen-bond acceptors (Lipinski definition) is 6. The van der Waals surface area contributed by atoms with Gasteiger partial charge in [0.05, 0.1) is 17.5 Å². The highest BCUT2D eigenvalue weighted by Gasteiger charge is 2.32. The van der Waals surface area contributed by atoms with Crippen molar-refractivity contribution in [1.82, 2.24) is 24.7 Å². The molecule has 6 rings (SSSR count). The van der Waals surface area contributed by atoms with Gasteiger partial charge in [-0.2, -0.15) is 5.10 Å².